The minimum Gasteiger partial charge on any atom is -0.497 e. The van der Waals surface area contributed by atoms with E-state index in [0.29, 0.717) is 32.3 Å². The number of ether oxygens (including phenoxy) is 4. The molecular weight excluding hydrogens is 320 g/mol. The van der Waals surface area contributed by atoms with Crippen molar-refractivity contribution in [2.75, 3.05) is 40.6 Å². The number of methoxy groups -OCH3 is 2. The summed E-state index contributed by atoms with van der Waals surface area (Å²) in [7, 11) is 3.40. The van der Waals surface area contributed by atoms with E-state index in [0.717, 1.165) is 37.1 Å². The average molecular weight is 348 g/mol. The molecule has 1 atom stereocenters. The third-order valence-electron chi connectivity index (χ3n) is 4.78. The Morgan fingerprint density at radius 3 is 2.64 bits per heavy atom. The van der Waals surface area contributed by atoms with Gasteiger partial charge in [0.05, 0.1) is 33.0 Å². The molecule has 0 unspecified atom stereocenters. The lowest BCUT2D eigenvalue weighted by Crippen LogP contribution is -2.38. The zero-order chi connectivity index (χ0) is 17.5. The van der Waals surface area contributed by atoms with Crippen LogP contribution in [0.3, 0.4) is 0 Å². The number of rotatable bonds is 7. The molecule has 2 fully saturated rings. The molecule has 1 aromatic rings. The Kier molecular flexibility index (Phi) is 6.29. The van der Waals surface area contributed by atoms with Gasteiger partial charge in [0.1, 0.15) is 5.75 Å². The predicted molar refractivity (Wildman–Crippen MR) is 95.9 cm³/mol. The largest absolute Gasteiger partial charge is 0.497 e. The Balaban J connectivity index is 1.71. The summed E-state index contributed by atoms with van der Waals surface area (Å²) >= 11 is 0. The van der Waals surface area contributed by atoms with Crippen LogP contribution in [0.25, 0.3) is 0 Å². The second kappa shape index (κ2) is 8.65. The smallest absolute Gasteiger partial charge is 0.199 e. The first-order valence-corrected chi connectivity index (χ1v) is 8.98. The van der Waals surface area contributed by atoms with Gasteiger partial charge in [-0.1, -0.05) is 0 Å². The van der Waals surface area contributed by atoms with E-state index < -0.39 is 5.79 Å². The van der Waals surface area contributed by atoms with E-state index >= 15 is 0 Å². The highest BCUT2D eigenvalue weighted by Gasteiger charge is 2.36. The maximum absolute atomic E-state index is 6.07. The normalized spacial score (nSPS) is 23.3. The molecule has 25 heavy (non-hydrogen) atoms. The molecule has 0 spiro atoms. The Bertz CT molecular complexity index is 555. The minimum atomic E-state index is -0.759. The van der Waals surface area contributed by atoms with Crippen LogP contribution in [-0.2, 0) is 20.0 Å². The summed E-state index contributed by atoms with van der Waals surface area (Å²) in [6.07, 6.45) is 5.69. The van der Waals surface area contributed by atoms with Crippen molar-refractivity contribution in [2.45, 2.75) is 37.5 Å². The van der Waals surface area contributed by atoms with E-state index in [9.17, 15) is 0 Å². The van der Waals surface area contributed by atoms with Crippen LogP contribution in [0.5, 0.6) is 5.75 Å². The molecule has 0 radical (unpaired) electrons. The standard InChI is InChI=1S/C19H28N2O4/c1-22-15-17-5-3-12-21(17)20-11-10-19(24-13-4-14-25-19)16-6-8-18(23-2)9-7-16/h6-9,11,17H,3-5,10,12-15H2,1-2H3/b20-11+/t17-/m0/s1. The Morgan fingerprint density at radius 2 is 1.96 bits per heavy atom. The fraction of sp³-hybridized carbons (Fsp3) is 0.632. The molecule has 0 bridgehead atoms. The van der Waals surface area contributed by atoms with Crippen LogP contribution in [0.1, 0.15) is 31.2 Å². The summed E-state index contributed by atoms with van der Waals surface area (Å²) in [6, 6.07) is 8.24. The Labute approximate surface area is 149 Å². The zero-order valence-corrected chi connectivity index (χ0v) is 15.1. The molecule has 6 nitrogen and oxygen atoms in total. The van der Waals surface area contributed by atoms with Crippen molar-refractivity contribution in [1.82, 2.24) is 5.01 Å². The third kappa shape index (κ3) is 4.32. The van der Waals surface area contributed by atoms with Crippen molar-refractivity contribution >= 4 is 6.21 Å². The fourth-order valence-electron chi connectivity index (χ4n) is 3.42. The number of hydrogen-bond acceptors (Lipinski definition) is 6. The minimum absolute atomic E-state index is 0.367. The summed E-state index contributed by atoms with van der Waals surface area (Å²) in [5.41, 5.74) is 0.995. The average Bonchev–Trinajstić information content (AvgIpc) is 3.10. The molecule has 2 aliphatic heterocycles. The number of benzene rings is 1. The fourth-order valence-corrected chi connectivity index (χ4v) is 3.42. The van der Waals surface area contributed by atoms with Gasteiger partial charge < -0.3 is 18.9 Å². The maximum atomic E-state index is 6.07. The summed E-state index contributed by atoms with van der Waals surface area (Å²) in [6.45, 7) is 3.07. The highest BCUT2D eigenvalue weighted by Crippen LogP contribution is 2.34. The number of hydrazone groups is 1. The van der Waals surface area contributed by atoms with Gasteiger partial charge in [0, 0.05) is 31.9 Å². The molecule has 0 N–H and O–H groups in total. The first kappa shape index (κ1) is 18.2. The van der Waals surface area contributed by atoms with E-state index in [2.05, 4.69) is 10.1 Å². The van der Waals surface area contributed by atoms with Gasteiger partial charge in [-0.25, -0.2) is 0 Å². The van der Waals surface area contributed by atoms with Crippen molar-refractivity contribution in [1.29, 1.82) is 0 Å². The molecular formula is C19H28N2O4. The molecule has 0 amide bonds. The summed E-state index contributed by atoms with van der Waals surface area (Å²) < 4.78 is 22.7. The van der Waals surface area contributed by atoms with Crippen molar-refractivity contribution in [3.05, 3.63) is 29.8 Å². The van der Waals surface area contributed by atoms with Crippen LogP contribution in [0.2, 0.25) is 0 Å². The van der Waals surface area contributed by atoms with Crippen molar-refractivity contribution in [3.8, 4) is 5.75 Å². The zero-order valence-electron chi connectivity index (χ0n) is 15.1. The summed E-state index contributed by atoms with van der Waals surface area (Å²) in [5, 5.41) is 6.78. The van der Waals surface area contributed by atoms with Crippen LogP contribution in [0.4, 0.5) is 0 Å². The van der Waals surface area contributed by atoms with E-state index in [1.807, 2.05) is 30.5 Å². The van der Waals surface area contributed by atoms with Crippen LogP contribution in [0, 0.1) is 0 Å². The first-order chi connectivity index (χ1) is 12.3. The van der Waals surface area contributed by atoms with E-state index in [1.165, 1.54) is 0 Å². The lowest BCUT2D eigenvalue weighted by atomic mass is 10.0. The third-order valence-corrected chi connectivity index (χ3v) is 4.78. The van der Waals surface area contributed by atoms with E-state index in [4.69, 9.17) is 18.9 Å². The first-order valence-electron chi connectivity index (χ1n) is 8.98. The molecule has 2 saturated heterocycles. The van der Waals surface area contributed by atoms with Gasteiger partial charge in [0.15, 0.2) is 5.79 Å². The number of nitrogens with zero attached hydrogens (tertiary/aromatic N) is 2. The molecule has 6 heteroatoms. The highest BCUT2D eigenvalue weighted by molar-refractivity contribution is 5.59. The van der Waals surface area contributed by atoms with Crippen molar-refractivity contribution < 1.29 is 18.9 Å². The second-order valence-electron chi connectivity index (χ2n) is 6.45. The van der Waals surface area contributed by atoms with E-state index in [-0.39, 0.29) is 0 Å². The Hall–Kier alpha value is -1.63. The van der Waals surface area contributed by atoms with Gasteiger partial charge in [0.25, 0.3) is 0 Å². The van der Waals surface area contributed by atoms with Gasteiger partial charge in [-0.05, 0) is 43.5 Å². The monoisotopic (exact) mass is 348 g/mol. The molecule has 2 heterocycles. The SMILES string of the molecule is COC[C@@H]1CCCN1/N=C/CC1(c2ccc(OC)cc2)OCCCO1. The lowest BCUT2D eigenvalue weighted by Gasteiger charge is -2.37. The van der Waals surface area contributed by atoms with Gasteiger partial charge in [0.2, 0.25) is 0 Å². The predicted octanol–water partition coefficient (Wildman–Crippen LogP) is 2.77. The number of hydrogen-bond donors (Lipinski definition) is 0. The molecule has 0 aromatic heterocycles. The Morgan fingerprint density at radius 1 is 1.20 bits per heavy atom. The maximum Gasteiger partial charge on any atom is 0.199 e. The van der Waals surface area contributed by atoms with Crippen LogP contribution in [0.15, 0.2) is 29.4 Å². The van der Waals surface area contributed by atoms with E-state index in [1.54, 1.807) is 14.2 Å². The van der Waals surface area contributed by atoms with Gasteiger partial charge in [-0.2, -0.15) is 5.10 Å². The molecule has 138 valence electrons. The van der Waals surface area contributed by atoms with Gasteiger partial charge in [-0.3, -0.25) is 5.01 Å². The van der Waals surface area contributed by atoms with Gasteiger partial charge >= 0.3 is 0 Å². The second-order valence-corrected chi connectivity index (χ2v) is 6.45. The molecule has 3 rings (SSSR count). The quantitative estimate of drug-likeness (QED) is 0.709. The molecule has 0 aliphatic carbocycles. The topological polar surface area (TPSA) is 52.5 Å². The lowest BCUT2D eigenvalue weighted by molar-refractivity contribution is -0.271. The molecule has 0 saturated carbocycles. The van der Waals surface area contributed by atoms with Crippen LogP contribution >= 0.6 is 0 Å². The molecule has 1 aromatic carbocycles. The van der Waals surface area contributed by atoms with Gasteiger partial charge in [-0.15, -0.1) is 0 Å². The van der Waals surface area contributed by atoms with Crippen LogP contribution in [-0.4, -0.2) is 57.9 Å². The summed E-state index contributed by atoms with van der Waals surface area (Å²) in [5.74, 6) is 0.0627. The van der Waals surface area contributed by atoms with Crippen molar-refractivity contribution in [2.24, 2.45) is 5.10 Å². The summed E-state index contributed by atoms with van der Waals surface area (Å²) in [4.78, 5) is 0. The van der Waals surface area contributed by atoms with Crippen LogP contribution < -0.4 is 4.74 Å². The molecule has 2 aliphatic rings. The van der Waals surface area contributed by atoms with Crippen molar-refractivity contribution in [3.63, 3.8) is 0 Å². The highest BCUT2D eigenvalue weighted by atomic mass is 16.7.